The van der Waals surface area contributed by atoms with E-state index in [0.717, 1.165) is 0 Å². The van der Waals surface area contributed by atoms with Crippen LogP contribution in [-0.4, -0.2) is 9.97 Å². The number of hydrogen-bond acceptors (Lipinski definition) is 2. The minimum absolute atomic E-state index is 0.0486. The predicted molar refractivity (Wildman–Crippen MR) is 74.4 cm³/mol. The van der Waals surface area contributed by atoms with Crippen molar-refractivity contribution in [2.75, 3.05) is 0 Å². The second-order valence-corrected chi connectivity index (χ2v) is 5.04. The average molecular weight is 283 g/mol. The first-order valence-electron chi connectivity index (χ1n) is 5.54. The van der Waals surface area contributed by atoms with Gasteiger partial charge in [0.15, 0.2) is 0 Å². The third-order valence-corrected chi connectivity index (χ3v) is 3.49. The lowest BCUT2D eigenvalue weighted by Crippen LogP contribution is -2.16. The Bertz CT molecular complexity index is 635. The number of aromatic nitrogens is 2. The van der Waals surface area contributed by atoms with E-state index in [-0.39, 0.29) is 11.5 Å². The number of hydrogen-bond donors (Lipinski definition) is 1. The van der Waals surface area contributed by atoms with Crippen molar-refractivity contribution in [1.29, 1.82) is 0 Å². The first-order chi connectivity index (χ1) is 8.52. The number of nitrogens with one attached hydrogen (secondary N) is 1. The summed E-state index contributed by atoms with van der Waals surface area (Å²) in [6.07, 6.45) is 1.38. The normalized spacial score (nSPS) is 10.9. The molecule has 0 saturated heterocycles. The summed E-state index contributed by atoms with van der Waals surface area (Å²) in [6.45, 7) is 3.88. The fourth-order valence-electron chi connectivity index (χ4n) is 1.85. The van der Waals surface area contributed by atoms with Crippen LogP contribution < -0.4 is 5.56 Å². The van der Waals surface area contributed by atoms with Crippen molar-refractivity contribution in [2.45, 2.75) is 19.8 Å². The molecule has 18 heavy (non-hydrogen) atoms. The number of H-pyrrole nitrogens is 1. The largest absolute Gasteiger partial charge is 0.313 e. The van der Waals surface area contributed by atoms with Crippen molar-refractivity contribution < 1.29 is 0 Å². The summed E-state index contributed by atoms with van der Waals surface area (Å²) in [5.41, 5.74) is 1.73. The molecule has 1 N–H and O–H groups in total. The summed E-state index contributed by atoms with van der Waals surface area (Å²) >= 11 is 12.2. The highest BCUT2D eigenvalue weighted by Gasteiger charge is 2.17. The summed E-state index contributed by atoms with van der Waals surface area (Å²) in [6, 6.07) is 5.30. The Kier molecular flexibility index (Phi) is 3.73. The minimum atomic E-state index is -0.147. The lowest BCUT2D eigenvalue weighted by molar-refractivity contribution is 0.833. The molecule has 1 aromatic carbocycles. The van der Waals surface area contributed by atoms with Gasteiger partial charge in [0, 0.05) is 11.1 Å². The highest BCUT2D eigenvalue weighted by atomic mass is 35.5. The van der Waals surface area contributed by atoms with Crippen LogP contribution in [0.25, 0.3) is 11.3 Å². The molecule has 0 aliphatic heterocycles. The van der Waals surface area contributed by atoms with Crippen LogP contribution in [0.2, 0.25) is 10.0 Å². The van der Waals surface area contributed by atoms with Gasteiger partial charge in [-0.15, -0.1) is 0 Å². The van der Waals surface area contributed by atoms with Gasteiger partial charge in [0.05, 0.1) is 22.1 Å². The molecule has 2 aromatic rings. The predicted octanol–water partition coefficient (Wildman–Crippen LogP) is 3.87. The van der Waals surface area contributed by atoms with E-state index in [1.807, 2.05) is 19.9 Å². The van der Waals surface area contributed by atoms with E-state index >= 15 is 0 Å². The zero-order valence-corrected chi connectivity index (χ0v) is 11.5. The number of nitrogens with zero attached hydrogens (tertiary/aromatic N) is 1. The molecule has 0 aliphatic carbocycles. The third kappa shape index (κ3) is 2.28. The molecule has 1 heterocycles. The summed E-state index contributed by atoms with van der Waals surface area (Å²) in [4.78, 5) is 18.7. The molecule has 0 aliphatic rings. The highest BCUT2D eigenvalue weighted by molar-refractivity contribution is 6.43. The maximum Gasteiger partial charge on any atom is 0.254 e. The summed E-state index contributed by atoms with van der Waals surface area (Å²) in [5.74, 6) is 0.0486. The van der Waals surface area contributed by atoms with Crippen molar-refractivity contribution in [3.63, 3.8) is 0 Å². The van der Waals surface area contributed by atoms with Gasteiger partial charge in [0.25, 0.3) is 5.56 Å². The summed E-state index contributed by atoms with van der Waals surface area (Å²) < 4.78 is 0. The van der Waals surface area contributed by atoms with Crippen molar-refractivity contribution in [2.24, 2.45) is 0 Å². The zero-order valence-electron chi connectivity index (χ0n) is 10.00. The Labute approximate surface area is 115 Å². The molecule has 0 radical (unpaired) electrons. The molecule has 2 rings (SSSR count). The fraction of sp³-hybridized carbons (Fsp3) is 0.231. The Morgan fingerprint density at radius 1 is 1.28 bits per heavy atom. The molecule has 1 aromatic heterocycles. The first-order valence-corrected chi connectivity index (χ1v) is 6.30. The lowest BCUT2D eigenvalue weighted by atomic mass is 9.98. The molecule has 3 nitrogen and oxygen atoms in total. The van der Waals surface area contributed by atoms with Gasteiger partial charge in [0.1, 0.15) is 0 Å². The van der Waals surface area contributed by atoms with Gasteiger partial charge >= 0.3 is 0 Å². The smallest absolute Gasteiger partial charge is 0.254 e. The Balaban J connectivity index is 2.76. The SMILES string of the molecule is CC(C)c1c(-c2cccc(Cl)c2Cl)nc[nH]c1=O. The second-order valence-electron chi connectivity index (χ2n) is 4.25. The number of benzene rings is 1. The van der Waals surface area contributed by atoms with Gasteiger partial charge in [-0.05, 0) is 12.0 Å². The molecule has 0 bridgehead atoms. The molecule has 0 amide bonds. The fourth-order valence-corrected chi connectivity index (χ4v) is 2.24. The number of halogens is 2. The van der Waals surface area contributed by atoms with Gasteiger partial charge in [-0.3, -0.25) is 4.79 Å². The zero-order chi connectivity index (χ0) is 13.3. The lowest BCUT2D eigenvalue weighted by Gasteiger charge is -2.12. The second kappa shape index (κ2) is 5.12. The molecule has 0 atom stereocenters. The maximum atomic E-state index is 11.9. The summed E-state index contributed by atoms with van der Waals surface area (Å²) in [5, 5.41) is 0.866. The monoisotopic (exact) mass is 282 g/mol. The van der Waals surface area contributed by atoms with Crippen LogP contribution in [0.3, 0.4) is 0 Å². The standard InChI is InChI=1S/C13H12Cl2N2O/c1-7(2)10-12(16-6-17-13(10)18)8-4-3-5-9(14)11(8)15/h3-7H,1-2H3,(H,16,17,18). The van der Waals surface area contributed by atoms with Gasteiger partial charge in [-0.1, -0.05) is 49.2 Å². The van der Waals surface area contributed by atoms with Gasteiger partial charge < -0.3 is 4.98 Å². The van der Waals surface area contributed by atoms with Crippen molar-refractivity contribution in [3.8, 4) is 11.3 Å². The quantitative estimate of drug-likeness (QED) is 0.909. The van der Waals surface area contributed by atoms with Crippen LogP contribution >= 0.6 is 23.2 Å². The van der Waals surface area contributed by atoms with Crippen molar-refractivity contribution in [1.82, 2.24) is 9.97 Å². The van der Waals surface area contributed by atoms with Gasteiger partial charge in [0.2, 0.25) is 0 Å². The van der Waals surface area contributed by atoms with Crippen LogP contribution in [0.15, 0.2) is 29.3 Å². The van der Waals surface area contributed by atoms with Crippen LogP contribution in [0.5, 0.6) is 0 Å². The van der Waals surface area contributed by atoms with E-state index < -0.39 is 0 Å². The average Bonchev–Trinajstić information content (AvgIpc) is 2.32. The Morgan fingerprint density at radius 2 is 2.00 bits per heavy atom. The number of rotatable bonds is 2. The number of aromatic amines is 1. The molecule has 5 heteroatoms. The molecular weight excluding hydrogens is 271 g/mol. The molecule has 94 valence electrons. The molecule has 0 unspecified atom stereocenters. The highest BCUT2D eigenvalue weighted by Crippen LogP contribution is 2.34. The van der Waals surface area contributed by atoms with E-state index in [2.05, 4.69) is 9.97 Å². The van der Waals surface area contributed by atoms with Gasteiger partial charge in [-0.2, -0.15) is 0 Å². The van der Waals surface area contributed by atoms with E-state index in [4.69, 9.17) is 23.2 Å². The van der Waals surface area contributed by atoms with E-state index in [9.17, 15) is 4.79 Å². The van der Waals surface area contributed by atoms with Crippen LogP contribution in [0, 0.1) is 0 Å². The topological polar surface area (TPSA) is 45.8 Å². The van der Waals surface area contributed by atoms with Crippen molar-refractivity contribution >= 4 is 23.2 Å². The summed E-state index contributed by atoms with van der Waals surface area (Å²) in [7, 11) is 0. The van der Waals surface area contributed by atoms with Crippen LogP contribution in [0.1, 0.15) is 25.3 Å². The van der Waals surface area contributed by atoms with E-state index in [0.29, 0.717) is 26.9 Å². The maximum absolute atomic E-state index is 11.9. The molecule has 0 spiro atoms. The third-order valence-electron chi connectivity index (χ3n) is 2.67. The Hall–Kier alpha value is -1.32. The van der Waals surface area contributed by atoms with Gasteiger partial charge in [-0.25, -0.2) is 4.98 Å². The van der Waals surface area contributed by atoms with E-state index in [1.165, 1.54) is 6.33 Å². The van der Waals surface area contributed by atoms with Crippen LogP contribution in [-0.2, 0) is 0 Å². The van der Waals surface area contributed by atoms with E-state index in [1.54, 1.807) is 12.1 Å². The Morgan fingerprint density at radius 3 is 2.67 bits per heavy atom. The van der Waals surface area contributed by atoms with Crippen LogP contribution in [0.4, 0.5) is 0 Å². The molecular formula is C13H12Cl2N2O. The molecule has 0 fully saturated rings. The molecule has 0 saturated carbocycles. The van der Waals surface area contributed by atoms with Crippen molar-refractivity contribution in [3.05, 3.63) is 50.5 Å². The minimum Gasteiger partial charge on any atom is -0.313 e. The first kappa shape index (κ1) is 13.1.